The lowest BCUT2D eigenvalue weighted by atomic mass is 10.0. The minimum atomic E-state index is -0.338. The van der Waals surface area contributed by atoms with Gasteiger partial charge in [-0.3, -0.25) is 4.79 Å². The number of fused-ring (bicyclic) bond motifs is 1. The number of phenols is 1. The Morgan fingerprint density at radius 2 is 2.10 bits per heavy atom. The Bertz CT molecular complexity index is 635. The molecule has 0 bridgehead atoms. The number of aliphatic hydroxyl groups is 1. The van der Waals surface area contributed by atoms with Gasteiger partial charge in [0.2, 0.25) is 5.56 Å². The van der Waals surface area contributed by atoms with Gasteiger partial charge in [0.25, 0.3) is 0 Å². The lowest BCUT2D eigenvalue weighted by molar-refractivity contribution is 0.191. The summed E-state index contributed by atoms with van der Waals surface area (Å²) in [6.45, 7) is 3.15. The van der Waals surface area contributed by atoms with Crippen LogP contribution in [-0.4, -0.2) is 34.4 Å². The van der Waals surface area contributed by atoms with Gasteiger partial charge in [-0.15, -0.1) is 0 Å². The van der Waals surface area contributed by atoms with E-state index >= 15 is 0 Å². The van der Waals surface area contributed by atoms with Crippen molar-refractivity contribution in [3.05, 3.63) is 40.2 Å². The standard InChI is InChI=1S/C15H20N2O3/c1-10(18)9-16-8-2-3-11-4-6-13(19)15-12(11)5-7-14(20)17-15/h4-7,10,16,18-19H,2-3,8-9H2,1H3,(H,17,20). The highest BCUT2D eigenvalue weighted by Gasteiger charge is 2.06. The molecule has 2 aromatic rings. The van der Waals surface area contributed by atoms with Crippen LogP contribution in [0.2, 0.25) is 0 Å². The summed E-state index contributed by atoms with van der Waals surface area (Å²) in [5.74, 6) is 0.0914. The number of aryl methyl sites for hydroxylation is 1. The van der Waals surface area contributed by atoms with Gasteiger partial charge in [0.05, 0.1) is 11.6 Å². The van der Waals surface area contributed by atoms with Crippen molar-refractivity contribution in [3.63, 3.8) is 0 Å². The van der Waals surface area contributed by atoms with E-state index in [9.17, 15) is 9.90 Å². The van der Waals surface area contributed by atoms with Crippen LogP contribution < -0.4 is 10.9 Å². The van der Waals surface area contributed by atoms with Crippen LogP contribution in [0.5, 0.6) is 5.75 Å². The maximum Gasteiger partial charge on any atom is 0.248 e. The van der Waals surface area contributed by atoms with E-state index in [0.29, 0.717) is 12.1 Å². The summed E-state index contributed by atoms with van der Waals surface area (Å²) in [4.78, 5) is 14.0. The van der Waals surface area contributed by atoms with Gasteiger partial charge >= 0.3 is 0 Å². The molecule has 0 spiro atoms. The fourth-order valence-corrected chi connectivity index (χ4v) is 2.23. The zero-order chi connectivity index (χ0) is 14.5. The summed E-state index contributed by atoms with van der Waals surface area (Å²) in [5, 5.41) is 23.0. The summed E-state index contributed by atoms with van der Waals surface area (Å²) in [6, 6.07) is 6.70. The average molecular weight is 276 g/mol. The van der Waals surface area contributed by atoms with Crippen LogP contribution >= 0.6 is 0 Å². The molecule has 5 heteroatoms. The van der Waals surface area contributed by atoms with E-state index in [2.05, 4.69) is 10.3 Å². The normalized spacial score (nSPS) is 12.7. The molecular formula is C15H20N2O3. The predicted molar refractivity (Wildman–Crippen MR) is 79.1 cm³/mol. The van der Waals surface area contributed by atoms with Gasteiger partial charge in [0.1, 0.15) is 5.75 Å². The molecule has 0 radical (unpaired) electrons. The highest BCUT2D eigenvalue weighted by Crippen LogP contribution is 2.25. The molecule has 2 rings (SSSR count). The van der Waals surface area contributed by atoms with Gasteiger partial charge in [-0.2, -0.15) is 0 Å². The fraction of sp³-hybridized carbons (Fsp3) is 0.400. The number of aromatic hydroxyl groups is 1. The third-order valence-corrected chi connectivity index (χ3v) is 3.20. The van der Waals surface area contributed by atoms with Crippen molar-refractivity contribution in [3.8, 4) is 5.75 Å². The van der Waals surface area contributed by atoms with Gasteiger partial charge in [-0.05, 0) is 44.0 Å². The zero-order valence-corrected chi connectivity index (χ0v) is 11.5. The van der Waals surface area contributed by atoms with Gasteiger partial charge in [0, 0.05) is 18.0 Å². The summed E-state index contributed by atoms with van der Waals surface area (Å²) in [5.41, 5.74) is 1.36. The van der Waals surface area contributed by atoms with Crippen molar-refractivity contribution < 1.29 is 10.2 Å². The topological polar surface area (TPSA) is 85.3 Å². The van der Waals surface area contributed by atoms with Crippen LogP contribution in [0.3, 0.4) is 0 Å². The van der Waals surface area contributed by atoms with Gasteiger partial charge < -0.3 is 20.5 Å². The Labute approximate surface area is 117 Å². The predicted octanol–water partition coefficient (Wildman–Crippen LogP) is 1.14. The first-order chi connectivity index (χ1) is 9.58. The number of hydrogen-bond donors (Lipinski definition) is 4. The molecule has 20 heavy (non-hydrogen) atoms. The molecule has 1 aromatic carbocycles. The number of pyridine rings is 1. The molecule has 0 saturated heterocycles. The molecule has 0 amide bonds. The molecule has 4 N–H and O–H groups in total. The van der Waals surface area contributed by atoms with Crippen molar-refractivity contribution >= 4 is 10.9 Å². The molecule has 1 aromatic heterocycles. The minimum Gasteiger partial charge on any atom is -0.506 e. The molecular weight excluding hydrogens is 256 g/mol. The Kier molecular flexibility index (Phi) is 4.76. The van der Waals surface area contributed by atoms with Crippen molar-refractivity contribution in [1.29, 1.82) is 0 Å². The fourth-order valence-electron chi connectivity index (χ4n) is 2.23. The summed E-state index contributed by atoms with van der Waals surface area (Å²) in [7, 11) is 0. The minimum absolute atomic E-state index is 0.0914. The van der Waals surface area contributed by atoms with Crippen molar-refractivity contribution in [2.24, 2.45) is 0 Å². The Morgan fingerprint density at radius 1 is 1.30 bits per heavy atom. The number of aliphatic hydroxyl groups excluding tert-OH is 1. The van der Waals surface area contributed by atoms with E-state index in [1.54, 1.807) is 19.1 Å². The molecule has 0 saturated carbocycles. The van der Waals surface area contributed by atoms with Crippen LogP contribution in [-0.2, 0) is 6.42 Å². The van der Waals surface area contributed by atoms with Gasteiger partial charge in [-0.25, -0.2) is 0 Å². The van der Waals surface area contributed by atoms with Crippen LogP contribution in [0.25, 0.3) is 10.9 Å². The average Bonchev–Trinajstić information content (AvgIpc) is 2.41. The highest BCUT2D eigenvalue weighted by molar-refractivity contribution is 5.87. The smallest absolute Gasteiger partial charge is 0.248 e. The van der Waals surface area contributed by atoms with Crippen molar-refractivity contribution in [1.82, 2.24) is 10.3 Å². The lowest BCUT2D eigenvalue weighted by Gasteiger charge is -2.09. The number of benzene rings is 1. The van der Waals surface area contributed by atoms with Crippen LogP contribution in [0.1, 0.15) is 18.9 Å². The SMILES string of the molecule is CC(O)CNCCCc1ccc(O)c2[nH]c(=O)ccc12. The van der Waals surface area contributed by atoms with E-state index in [0.717, 1.165) is 30.3 Å². The lowest BCUT2D eigenvalue weighted by Crippen LogP contribution is -2.25. The van der Waals surface area contributed by atoms with Crippen LogP contribution in [0.15, 0.2) is 29.1 Å². The number of aromatic nitrogens is 1. The molecule has 1 unspecified atom stereocenters. The third kappa shape index (κ3) is 3.59. The number of H-pyrrole nitrogens is 1. The first-order valence-electron chi connectivity index (χ1n) is 6.80. The first-order valence-corrected chi connectivity index (χ1v) is 6.80. The van der Waals surface area contributed by atoms with Crippen molar-refractivity contribution in [2.75, 3.05) is 13.1 Å². The maximum absolute atomic E-state index is 11.3. The monoisotopic (exact) mass is 276 g/mol. The third-order valence-electron chi connectivity index (χ3n) is 3.20. The molecule has 1 heterocycles. The molecule has 5 nitrogen and oxygen atoms in total. The highest BCUT2D eigenvalue weighted by atomic mass is 16.3. The number of aromatic amines is 1. The molecule has 0 aliphatic heterocycles. The summed E-state index contributed by atoms with van der Waals surface area (Å²) < 4.78 is 0. The second-order valence-corrected chi connectivity index (χ2v) is 5.01. The maximum atomic E-state index is 11.3. The van der Waals surface area contributed by atoms with Gasteiger partial charge in [0.15, 0.2) is 0 Å². The Hall–Kier alpha value is -1.85. The largest absolute Gasteiger partial charge is 0.506 e. The number of rotatable bonds is 6. The van der Waals surface area contributed by atoms with Gasteiger partial charge in [-0.1, -0.05) is 6.07 Å². The molecule has 1 atom stereocenters. The molecule has 0 aliphatic rings. The second kappa shape index (κ2) is 6.54. The van der Waals surface area contributed by atoms with E-state index in [1.165, 1.54) is 6.07 Å². The van der Waals surface area contributed by atoms with Crippen molar-refractivity contribution in [2.45, 2.75) is 25.9 Å². The number of hydrogen-bond acceptors (Lipinski definition) is 4. The molecule has 0 aliphatic carbocycles. The second-order valence-electron chi connectivity index (χ2n) is 5.01. The summed E-state index contributed by atoms with van der Waals surface area (Å²) >= 11 is 0. The molecule has 108 valence electrons. The van der Waals surface area contributed by atoms with E-state index in [4.69, 9.17) is 5.11 Å². The number of nitrogens with one attached hydrogen (secondary N) is 2. The zero-order valence-electron chi connectivity index (χ0n) is 11.5. The molecule has 0 fully saturated rings. The summed E-state index contributed by atoms with van der Waals surface area (Å²) in [6.07, 6.45) is 1.43. The van der Waals surface area contributed by atoms with E-state index in [1.807, 2.05) is 6.07 Å². The van der Waals surface area contributed by atoms with E-state index < -0.39 is 0 Å². The van der Waals surface area contributed by atoms with E-state index in [-0.39, 0.29) is 17.4 Å². The Morgan fingerprint density at radius 3 is 2.85 bits per heavy atom. The van der Waals surface area contributed by atoms with Crippen LogP contribution in [0, 0.1) is 0 Å². The number of phenolic OH excluding ortho intramolecular Hbond substituents is 1. The first kappa shape index (κ1) is 14.6. The quantitative estimate of drug-likeness (QED) is 0.596. The van der Waals surface area contributed by atoms with Crippen LogP contribution in [0.4, 0.5) is 0 Å². The Balaban J connectivity index is 2.07.